The molecular weight excluding hydrogens is 308 g/mol. The second-order valence-electron chi connectivity index (χ2n) is 7.28. The fourth-order valence-electron chi connectivity index (χ4n) is 3.39. The molecule has 0 aliphatic carbocycles. The van der Waals surface area contributed by atoms with Crippen molar-refractivity contribution in [3.05, 3.63) is 65.2 Å². The molecule has 1 saturated heterocycles. The van der Waals surface area contributed by atoms with Crippen molar-refractivity contribution in [2.45, 2.75) is 33.1 Å². The number of carbonyl (C=O) groups excluding carboxylic acids is 1. The lowest BCUT2D eigenvalue weighted by atomic mass is 10.0. The molecule has 3 heteroatoms. The number of hydrogen-bond donors (Lipinski definition) is 0. The molecule has 1 heterocycles. The molecule has 1 aliphatic heterocycles. The Balaban J connectivity index is 1.55. The van der Waals surface area contributed by atoms with Gasteiger partial charge in [-0.25, -0.2) is 0 Å². The van der Waals surface area contributed by atoms with E-state index >= 15 is 0 Å². The summed E-state index contributed by atoms with van der Waals surface area (Å²) in [6.45, 7) is 9.91. The molecule has 25 heavy (non-hydrogen) atoms. The topological polar surface area (TPSA) is 23.6 Å². The van der Waals surface area contributed by atoms with E-state index in [1.165, 1.54) is 16.8 Å². The van der Waals surface area contributed by atoms with E-state index in [1.807, 2.05) is 17.0 Å². The van der Waals surface area contributed by atoms with Crippen LogP contribution < -0.4 is 4.90 Å². The Morgan fingerprint density at radius 3 is 2.28 bits per heavy atom. The number of rotatable bonds is 4. The number of nitrogens with zero attached hydrogens (tertiary/aromatic N) is 2. The minimum atomic E-state index is 0.236. The molecule has 3 rings (SSSR count). The van der Waals surface area contributed by atoms with Crippen LogP contribution in [0.4, 0.5) is 5.69 Å². The van der Waals surface area contributed by atoms with E-state index in [1.54, 1.807) is 0 Å². The zero-order chi connectivity index (χ0) is 17.8. The van der Waals surface area contributed by atoms with Crippen molar-refractivity contribution >= 4 is 11.6 Å². The van der Waals surface area contributed by atoms with E-state index in [0.717, 1.165) is 31.7 Å². The Kier molecular flexibility index (Phi) is 5.42. The van der Waals surface area contributed by atoms with Crippen molar-refractivity contribution in [3.63, 3.8) is 0 Å². The molecule has 1 fully saturated rings. The molecule has 0 spiro atoms. The lowest BCUT2D eigenvalue weighted by Gasteiger charge is -2.36. The van der Waals surface area contributed by atoms with Gasteiger partial charge in [0.25, 0.3) is 0 Å². The molecule has 132 valence electrons. The summed E-state index contributed by atoms with van der Waals surface area (Å²) in [4.78, 5) is 16.9. The highest BCUT2D eigenvalue weighted by atomic mass is 16.2. The van der Waals surface area contributed by atoms with E-state index in [9.17, 15) is 4.79 Å². The van der Waals surface area contributed by atoms with E-state index in [0.29, 0.717) is 12.3 Å². The first-order valence-electron chi connectivity index (χ1n) is 9.21. The van der Waals surface area contributed by atoms with Gasteiger partial charge in [0.2, 0.25) is 5.91 Å². The lowest BCUT2D eigenvalue weighted by Crippen LogP contribution is -2.49. The smallest absolute Gasteiger partial charge is 0.227 e. The zero-order valence-corrected chi connectivity index (χ0v) is 15.5. The molecule has 0 saturated carbocycles. The number of aryl methyl sites for hydroxylation is 1. The summed E-state index contributed by atoms with van der Waals surface area (Å²) in [7, 11) is 0. The van der Waals surface area contributed by atoms with Crippen molar-refractivity contribution in [2.75, 3.05) is 31.1 Å². The third-order valence-corrected chi connectivity index (χ3v) is 5.00. The second-order valence-corrected chi connectivity index (χ2v) is 7.28. The Hall–Kier alpha value is -2.29. The Bertz CT molecular complexity index is 713. The molecule has 0 radical (unpaired) electrons. The first-order chi connectivity index (χ1) is 12.0. The summed E-state index contributed by atoms with van der Waals surface area (Å²) < 4.78 is 0. The van der Waals surface area contributed by atoms with Gasteiger partial charge in [0.1, 0.15) is 0 Å². The molecular formula is C22H28N2O. The van der Waals surface area contributed by atoms with E-state index in [4.69, 9.17) is 0 Å². The van der Waals surface area contributed by atoms with E-state index in [2.05, 4.69) is 62.1 Å². The summed E-state index contributed by atoms with van der Waals surface area (Å²) >= 11 is 0. The summed E-state index contributed by atoms with van der Waals surface area (Å²) in [6, 6.07) is 17.1. The average molecular weight is 336 g/mol. The van der Waals surface area contributed by atoms with Gasteiger partial charge in [0.05, 0.1) is 6.42 Å². The maximum absolute atomic E-state index is 12.5. The zero-order valence-electron chi connectivity index (χ0n) is 15.5. The lowest BCUT2D eigenvalue weighted by molar-refractivity contribution is -0.130. The molecule has 1 amide bonds. The van der Waals surface area contributed by atoms with Crippen LogP contribution in [0.2, 0.25) is 0 Å². The highest BCUT2D eigenvalue weighted by molar-refractivity contribution is 5.79. The maximum atomic E-state index is 12.5. The van der Waals surface area contributed by atoms with Gasteiger partial charge in [-0.05, 0) is 36.1 Å². The summed E-state index contributed by atoms with van der Waals surface area (Å²) in [5, 5.41) is 0. The second kappa shape index (κ2) is 7.73. The highest BCUT2D eigenvalue weighted by Gasteiger charge is 2.21. The van der Waals surface area contributed by atoms with Crippen molar-refractivity contribution in [2.24, 2.45) is 0 Å². The van der Waals surface area contributed by atoms with Crippen LogP contribution in [0.25, 0.3) is 0 Å². The number of carbonyl (C=O) groups is 1. The molecule has 0 unspecified atom stereocenters. The van der Waals surface area contributed by atoms with Crippen LogP contribution in [0.15, 0.2) is 48.5 Å². The van der Waals surface area contributed by atoms with Crippen molar-refractivity contribution in [3.8, 4) is 0 Å². The quantitative estimate of drug-likeness (QED) is 0.842. The fraction of sp³-hybridized carbons (Fsp3) is 0.409. The predicted octanol–water partition coefficient (Wildman–Crippen LogP) is 4.01. The highest BCUT2D eigenvalue weighted by Crippen LogP contribution is 2.21. The third kappa shape index (κ3) is 4.41. The standard InChI is InChI=1S/C22H28N2O/c1-17(2)20-7-9-21(10-8-20)23-11-13-24(14-12-23)22(25)16-19-6-4-5-18(3)15-19/h4-10,15,17H,11-14,16H2,1-3H3. The van der Waals surface area contributed by atoms with Gasteiger partial charge >= 0.3 is 0 Å². The van der Waals surface area contributed by atoms with Crippen LogP contribution in [-0.2, 0) is 11.2 Å². The van der Waals surface area contributed by atoms with Crippen LogP contribution in [0.3, 0.4) is 0 Å². The summed E-state index contributed by atoms with van der Waals surface area (Å²) in [5.41, 5.74) is 4.95. The van der Waals surface area contributed by atoms with Crippen molar-refractivity contribution in [1.82, 2.24) is 4.90 Å². The molecule has 3 nitrogen and oxygen atoms in total. The molecule has 2 aromatic rings. The normalized spacial score (nSPS) is 14.9. The molecule has 0 atom stereocenters. The van der Waals surface area contributed by atoms with E-state index < -0.39 is 0 Å². The van der Waals surface area contributed by atoms with Crippen LogP contribution in [0.5, 0.6) is 0 Å². The fourth-order valence-corrected chi connectivity index (χ4v) is 3.39. The average Bonchev–Trinajstić information content (AvgIpc) is 2.62. The van der Waals surface area contributed by atoms with Gasteiger partial charge in [0, 0.05) is 31.9 Å². The molecule has 0 bridgehead atoms. The van der Waals surface area contributed by atoms with Crippen molar-refractivity contribution in [1.29, 1.82) is 0 Å². The van der Waals surface area contributed by atoms with Crippen molar-refractivity contribution < 1.29 is 4.79 Å². The molecule has 0 aromatic heterocycles. The van der Waals surface area contributed by atoms with Crippen LogP contribution in [0.1, 0.15) is 36.5 Å². The minimum absolute atomic E-state index is 0.236. The van der Waals surface area contributed by atoms with Gasteiger partial charge in [-0.3, -0.25) is 4.79 Å². The van der Waals surface area contributed by atoms with Gasteiger partial charge in [-0.2, -0.15) is 0 Å². The van der Waals surface area contributed by atoms with E-state index in [-0.39, 0.29) is 5.91 Å². The predicted molar refractivity (Wildman–Crippen MR) is 104 cm³/mol. The number of anilines is 1. The van der Waals surface area contributed by atoms with Crippen LogP contribution in [0, 0.1) is 6.92 Å². The summed E-state index contributed by atoms with van der Waals surface area (Å²) in [5.74, 6) is 0.797. The first-order valence-corrected chi connectivity index (χ1v) is 9.21. The molecule has 2 aromatic carbocycles. The third-order valence-electron chi connectivity index (χ3n) is 5.00. The monoisotopic (exact) mass is 336 g/mol. The number of hydrogen-bond acceptors (Lipinski definition) is 2. The Labute approximate surface area is 151 Å². The number of benzene rings is 2. The number of piperazine rings is 1. The Morgan fingerprint density at radius 1 is 1.00 bits per heavy atom. The molecule has 1 aliphatic rings. The summed E-state index contributed by atoms with van der Waals surface area (Å²) in [6.07, 6.45) is 0.505. The molecule has 0 N–H and O–H groups in total. The van der Waals surface area contributed by atoms with Crippen LogP contribution in [-0.4, -0.2) is 37.0 Å². The van der Waals surface area contributed by atoms with Crippen LogP contribution >= 0.6 is 0 Å². The van der Waals surface area contributed by atoms with Gasteiger partial charge in [0.15, 0.2) is 0 Å². The Morgan fingerprint density at radius 2 is 1.68 bits per heavy atom. The minimum Gasteiger partial charge on any atom is -0.368 e. The van der Waals surface area contributed by atoms with Gasteiger partial charge in [-0.15, -0.1) is 0 Å². The van der Waals surface area contributed by atoms with Gasteiger partial charge in [-0.1, -0.05) is 55.8 Å². The largest absolute Gasteiger partial charge is 0.368 e. The van der Waals surface area contributed by atoms with Gasteiger partial charge < -0.3 is 9.80 Å². The maximum Gasteiger partial charge on any atom is 0.227 e. The number of amides is 1. The first kappa shape index (κ1) is 17.5. The SMILES string of the molecule is Cc1cccc(CC(=O)N2CCN(c3ccc(C(C)C)cc3)CC2)c1.